The Morgan fingerprint density at radius 1 is 1.32 bits per heavy atom. The molecular weight excluding hydrogens is 242 g/mol. The van der Waals surface area contributed by atoms with E-state index in [0.29, 0.717) is 6.54 Å². The van der Waals surface area contributed by atoms with Gasteiger partial charge in [-0.2, -0.15) is 0 Å². The molecule has 1 aliphatic rings. The Balaban J connectivity index is 1.91. The summed E-state index contributed by atoms with van der Waals surface area (Å²) in [5, 5.41) is 3.24. The molecule has 1 saturated heterocycles. The minimum Gasteiger partial charge on any atom is -0.497 e. The highest BCUT2D eigenvalue weighted by Gasteiger charge is 2.19. The van der Waals surface area contributed by atoms with Crippen LogP contribution in [0.25, 0.3) is 0 Å². The predicted molar refractivity (Wildman–Crippen MR) is 74.3 cm³/mol. The summed E-state index contributed by atoms with van der Waals surface area (Å²) in [6, 6.07) is 7.90. The average molecular weight is 263 g/mol. The normalized spacial score (nSPS) is 15.2. The van der Waals surface area contributed by atoms with Crippen LogP contribution in [0.3, 0.4) is 0 Å². The summed E-state index contributed by atoms with van der Waals surface area (Å²) in [6.45, 7) is 3.94. The first-order valence-electron chi connectivity index (χ1n) is 6.54. The molecule has 1 N–H and O–H groups in total. The largest absolute Gasteiger partial charge is 0.497 e. The summed E-state index contributed by atoms with van der Waals surface area (Å²) in [6.07, 6.45) is 0. The first kappa shape index (κ1) is 13.7. The maximum Gasteiger partial charge on any atom is 0.320 e. The number of piperazine rings is 1. The Morgan fingerprint density at radius 2 is 1.95 bits per heavy atom. The highest BCUT2D eigenvalue weighted by Crippen LogP contribution is 2.13. The fourth-order valence-electron chi connectivity index (χ4n) is 2.17. The van der Waals surface area contributed by atoms with Gasteiger partial charge in [0.25, 0.3) is 0 Å². The number of nitrogens with zero attached hydrogens (tertiary/aromatic N) is 2. The topological polar surface area (TPSA) is 44.8 Å². The quantitative estimate of drug-likeness (QED) is 0.890. The molecule has 0 saturated carbocycles. The van der Waals surface area contributed by atoms with Crippen LogP contribution in [0.15, 0.2) is 24.3 Å². The molecule has 1 heterocycles. The van der Waals surface area contributed by atoms with E-state index in [9.17, 15) is 4.79 Å². The highest BCUT2D eigenvalue weighted by molar-refractivity contribution is 5.74. The van der Waals surface area contributed by atoms with Gasteiger partial charge in [-0.05, 0) is 17.7 Å². The molecule has 5 heteroatoms. The van der Waals surface area contributed by atoms with Gasteiger partial charge in [0, 0.05) is 39.8 Å². The Bertz CT molecular complexity index is 413. The van der Waals surface area contributed by atoms with Crippen LogP contribution in [-0.4, -0.2) is 56.2 Å². The van der Waals surface area contributed by atoms with Crippen LogP contribution in [0.2, 0.25) is 0 Å². The monoisotopic (exact) mass is 263 g/mol. The van der Waals surface area contributed by atoms with Crippen LogP contribution in [0.1, 0.15) is 5.56 Å². The Kier molecular flexibility index (Phi) is 4.63. The minimum absolute atomic E-state index is 0.0947. The molecule has 1 aromatic rings. The van der Waals surface area contributed by atoms with Crippen LogP contribution in [0.5, 0.6) is 5.75 Å². The number of carbonyl (C=O) groups excluding carboxylic acids is 1. The van der Waals surface area contributed by atoms with Gasteiger partial charge < -0.3 is 19.9 Å². The van der Waals surface area contributed by atoms with E-state index in [1.807, 2.05) is 36.2 Å². The zero-order chi connectivity index (χ0) is 13.7. The van der Waals surface area contributed by atoms with Gasteiger partial charge in [0.1, 0.15) is 5.75 Å². The number of carbonyl (C=O) groups is 1. The van der Waals surface area contributed by atoms with Crippen LogP contribution < -0.4 is 10.1 Å². The molecule has 1 aromatic carbocycles. The average Bonchev–Trinajstić information content (AvgIpc) is 2.48. The van der Waals surface area contributed by atoms with Gasteiger partial charge in [-0.3, -0.25) is 0 Å². The number of rotatable bonds is 3. The van der Waals surface area contributed by atoms with Crippen LogP contribution in [0, 0.1) is 0 Å². The maximum absolute atomic E-state index is 12.2. The van der Waals surface area contributed by atoms with E-state index in [2.05, 4.69) is 5.32 Å². The molecule has 0 aliphatic carbocycles. The lowest BCUT2D eigenvalue weighted by molar-refractivity contribution is 0.154. The van der Waals surface area contributed by atoms with Gasteiger partial charge in [-0.15, -0.1) is 0 Å². The van der Waals surface area contributed by atoms with Gasteiger partial charge >= 0.3 is 6.03 Å². The molecule has 5 nitrogen and oxygen atoms in total. The first-order valence-corrected chi connectivity index (χ1v) is 6.54. The second-order valence-electron chi connectivity index (χ2n) is 4.72. The molecule has 0 spiro atoms. The van der Waals surface area contributed by atoms with Crippen LogP contribution in [-0.2, 0) is 6.54 Å². The van der Waals surface area contributed by atoms with E-state index in [1.54, 1.807) is 12.0 Å². The standard InChI is InChI=1S/C14H21N3O2/c1-16(14(18)17-9-7-15-8-10-17)11-12-3-5-13(19-2)6-4-12/h3-6,15H,7-11H2,1-2H3. The van der Waals surface area contributed by atoms with Crippen LogP contribution in [0.4, 0.5) is 4.79 Å². The maximum atomic E-state index is 12.2. The number of benzene rings is 1. The lowest BCUT2D eigenvalue weighted by Gasteiger charge is -2.31. The number of urea groups is 1. The number of nitrogens with one attached hydrogen (secondary N) is 1. The smallest absolute Gasteiger partial charge is 0.320 e. The Morgan fingerprint density at radius 3 is 2.53 bits per heavy atom. The molecule has 0 bridgehead atoms. The summed E-state index contributed by atoms with van der Waals surface area (Å²) in [4.78, 5) is 15.9. The SMILES string of the molecule is COc1ccc(CN(C)C(=O)N2CCNCC2)cc1. The van der Waals surface area contributed by atoms with Crippen molar-refractivity contribution in [3.05, 3.63) is 29.8 Å². The lowest BCUT2D eigenvalue weighted by Crippen LogP contribution is -2.50. The number of hydrogen-bond acceptors (Lipinski definition) is 3. The molecular formula is C14H21N3O2. The predicted octanol–water partition coefficient (Wildman–Crippen LogP) is 1.15. The van der Waals surface area contributed by atoms with Gasteiger partial charge in [0.15, 0.2) is 0 Å². The van der Waals surface area contributed by atoms with Crippen molar-refractivity contribution in [1.29, 1.82) is 0 Å². The van der Waals surface area contributed by atoms with Crippen molar-refractivity contribution in [1.82, 2.24) is 15.1 Å². The molecule has 104 valence electrons. The van der Waals surface area contributed by atoms with E-state index in [4.69, 9.17) is 4.74 Å². The van der Waals surface area contributed by atoms with Crippen molar-refractivity contribution in [2.75, 3.05) is 40.3 Å². The molecule has 0 radical (unpaired) electrons. The third-order valence-corrected chi connectivity index (χ3v) is 3.29. The fraction of sp³-hybridized carbons (Fsp3) is 0.500. The van der Waals surface area contributed by atoms with Gasteiger partial charge in [-0.1, -0.05) is 12.1 Å². The minimum atomic E-state index is 0.0947. The third-order valence-electron chi connectivity index (χ3n) is 3.29. The summed E-state index contributed by atoms with van der Waals surface area (Å²) < 4.78 is 5.12. The van der Waals surface area contributed by atoms with Crippen LogP contribution >= 0.6 is 0 Å². The first-order chi connectivity index (χ1) is 9.20. The molecule has 0 unspecified atom stereocenters. The second-order valence-corrected chi connectivity index (χ2v) is 4.72. The summed E-state index contributed by atoms with van der Waals surface area (Å²) in [7, 11) is 3.49. The summed E-state index contributed by atoms with van der Waals surface area (Å²) in [5.41, 5.74) is 1.10. The van der Waals surface area contributed by atoms with Gasteiger partial charge in [0.2, 0.25) is 0 Å². The second kappa shape index (κ2) is 6.43. The molecule has 1 fully saturated rings. The Labute approximate surface area is 114 Å². The van der Waals surface area contributed by atoms with Crippen molar-refractivity contribution < 1.29 is 9.53 Å². The highest BCUT2D eigenvalue weighted by atomic mass is 16.5. The van der Waals surface area contributed by atoms with Crippen molar-refractivity contribution in [2.45, 2.75) is 6.54 Å². The molecule has 2 amide bonds. The molecule has 2 rings (SSSR count). The van der Waals surface area contributed by atoms with E-state index in [0.717, 1.165) is 37.5 Å². The number of hydrogen-bond donors (Lipinski definition) is 1. The van der Waals surface area contributed by atoms with E-state index in [1.165, 1.54) is 0 Å². The third kappa shape index (κ3) is 3.61. The lowest BCUT2D eigenvalue weighted by atomic mass is 10.2. The van der Waals surface area contributed by atoms with Gasteiger partial charge in [-0.25, -0.2) is 4.79 Å². The zero-order valence-electron chi connectivity index (χ0n) is 11.6. The summed E-state index contributed by atoms with van der Waals surface area (Å²) in [5.74, 6) is 0.833. The van der Waals surface area contributed by atoms with Crippen molar-refractivity contribution in [3.8, 4) is 5.75 Å². The number of methoxy groups -OCH3 is 1. The molecule has 0 atom stereocenters. The summed E-state index contributed by atoms with van der Waals surface area (Å²) >= 11 is 0. The number of amides is 2. The number of ether oxygens (including phenoxy) is 1. The van der Waals surface area contributed by atoms with Crippen molar-refractivity contribution in [3.63, 3.8) is 0 Å². The zero-order valence-corrected chi connectivity index (χ0v) is 11.6. The molecule has 1 aliphatic heterocycles. The molecule has 19 heavy (non-hydrogen) atoms. The van der Waals surface area contributed by atoms with E-state index < -0.39 is 0 Å². The van der Waals surface area contributed by atoms with E-state index in [-0.39, 0.29) is 6.03 Å². The van der Waals surface area contributed by atoms with Crippen molar-refractivity contribution >= 4 is 6.03 Å². The van der Waals surface area contributed by atoms with E-state index >= 15 is 0 Å². The fourth-order valence-corrected chi connectivity index (χ4v) is 2.17. The Hall–Kier alpha value is -1.75. The van der Waals surface area contributed by atoms with Gasteiger partial charge in [0.05, 0.1) is 7.11 Å². The van der Waals surface area contributed by atoms with Crippen molar-refractivity contribution in [2.24, 2.45) is 0 Å². The molecule has 0 aromatic heterocycles.